The number of aromatic nitrogens is 1. The van der Waals surface area contributed by atoms with Gasteiger partial charge in [0.25, 0.3) is 0 Å². The first-order valence-corrected chi connectivity index (χ1v) is 6.63. The third kappa shape index (κ3) is 2.54. The van der Waals surface area contributed by atoms with Crippen LogP contribution in [0.4, 0.5) is 10.2 Å². The third-order valence-corrected chi connectivity index (χ3v) is 3.60. The Morgan fingerprint density at radius 2 is 2.15 bits per heavy atom. The van der Waals surface area contributed by atoms with Crippen molar-refractivity contribution < 1.29 is 9.18 Å². The topological polar surface area (TPSA) is 42.0 Å². The van der Waals surface area contributed by atoms with Crippen LogP contribution in [0.5, 0.6) is 0 Å². The second-order valence-corrected chi connectivity index (χ2v) is 5.18. The summed E-state index contributed by atoms with van der Waals surface area (Å²) in [4.78, 5) is 16.2. The normalized spacial score (nSPS) is 20.5. The maximum Gasteiger partial charge on any atom is 0.229 e. The molecule has 102 valence electrons. The summed E-state index contributed by atoms with van der Waals surface area (Å²) in [5.74, 6) is 0.0576. The number of rotatable bonds is 3. The number of hydrogen-bond acceptors (Lipinski definition) is 2. The SMILES string of the molecule is Cc1ccnc(NC(=O)C2CC2c2ccccc2F)c1. The fourth-order valence-corrected chi connectivity index (χ4v) is 2.43. The van der Waals surface area contributed by atoms with Crippen LogP contribution < -0.4 is 5.32 Å². The number of amides is 1. The smallest absolute Gasteiger partial charge is 0.229 e. The summed E-state index contributed by atoms with van der Waals surface area (Å²) >= 11 is 0. The Kier molecular flexibility index (Phi) is 3.22. The number of benzene rings is 1. The molecule has 20 heavy (non-hydrogen) atoms. The van der Waals surface area contributed by atoms with E-state index in [2.05, 4.69) is 10.3 Å². The number of pyridine rings is 1. The Balaban J connectivity index is 1.68. The van der Waals surface area contributed by atoms with Crippen molar-refractivity contribution in [3.8, 4) is 0 Å². The molecule has 1 amide bonds. The first kappa shape index (κ1) is 12.8. The van der Waals surface area contributed by atoms with E-state index in [1.807, 2.05) is 19.1 Å². The molecular formula is C16H15FN2O. The number of aryl methyl sites for hydroxylation is 1. The van der Waals surface area contributed by atoms with Crippen molar-refractivity contribution in [3.05, 3.63) is 59.5 Å². The van der Waals surface area contributed by atoms with E-state index in [0.717, 1.165) is 5.56 Å². The van der Waals surface area contributed by atoms with Crippen molar-refractivity contribution >= 4 is 11.7 Å². The van der Waals surface area contributed by atoms with Crippen LogP contribution in [0.1, 0.15) is 23.5 Å². The molecule has 3 rings (SSSR count). The molecule has 1 heterocycles. The van der Waals surface area contributed by atoms with Gasteiger partial charge in [0.15, 0.2) is 0 Å². The molecule has 0 saturated heterocycles. The predicted molar refractivity (Wildman–Crippen MR) is 74.9 cm³/mol. The quantitative estimate of drug-likeness (QED) is 0.930. The zero-order valence-corrected chi connectivity index (χ0v) is 11.1. The van der Waals surface area contributed by atoms with Crippen LogP contribution in [-0.2, 0) is 4.79 Å². The van der Waals surface area contributed by atoms with Crippen LogP contribution in [0, 0.1) is 18.7 Å². The molecule has 0 bridgehead atoms. The Morgan fingerprint density at radius 3 is 2.90 bits per heavy atom. The van der Waals surface area contributed by atoms with Gasteiger partial charge in [-0.05, 0) is 48.6 Å². The molecule has 4 heteroatoms. The van der Waals surface area contributed by atoms with E-state index in [1.54, 1.807) is 24.4 Å². The lowest BCUT2D eigenvalue weighted by molar-refractivity contribution is -0.117. The molecule has 1 aromatic heterocycles. The van der Waals surface area contributed by atoms with Crippen LogP contribution in [0.2, 0.25) is 0 Å². The Bertz CT molecular complexity index is 656. The average Bonchev–Trinajstić information content (AvgIpc) is 3.19. The monoisotopic (exact) mass is 270 g/mol. The van der Waals surface area contributed by atoms with Crippen molar-refractivity contribution in [2.45, 2.75) is 19.3 Å². The molecule has 3 nitrogen and oxygen atoms in total. The highest BCUT2D eigenvalue weighted by atomic mass is 19.1. The van der Waals surface area contributed by atoms with Gasteiger partial charge in [0.2, 0.25) is 5.91 Å². The van der Waals surface area contributed by atoms with Crippen LogP contribution in [-0.4, -0.2) is 10.9 Å². The van der Waals surface area contributed by atoms with E-state index in [-0.39, 0.29) is 23.6 Å². The average molecular weight is 270 g/mol. The second kappa shape index (κ2) is 5.04. The van der Waals surface area contributed by atoms with Gasteiger partial charge in [-0.1, -0.05) is 18.2 Å². The summed E-state index contributed by atoms with van der Waals surface area (Å²) in [5, 5.41) is 2.79. The fraction of sp³-hybridized carbons (Fsp3) is 0.250. The molecule has 1 aliphatic rings. The summed E-state index contributed by atoms with van der Waals surface area (Å²) in [7, 11) is 0. The van der Waals surface area contributed by atoms with Gasteiger partial charge in [-0.15, -0.1) is 0 Å². The summed E-state index contributed by atoms with van der Waals surface area (Å²) < 4.78 is 13.7. The summed E-state index contributed by atoms with van der Waals surface area (Å²) in [6.07, 6.45) is 2.35. The zero-order chi connectivity index (χ0) is 14.1. The van der Waals surface area contributed by atoms with Gasteiger partial charge in [0.05, 0.1) is 0 Å². The molecule has 1 N–H and O–H groups in total. The highest BCUT2D eigenvalue weighted by molar-refractivity contribution is 5.94. The van der Waals surface area contributed by atoms with Gasteiger partial charge in [-0.3, -0.25) is 4.79 Å². The zero-order valence-electron chi connectivity index (χ0n) is 11.1. The van der Waals surface area contributed by atoms with Gasteiger partial charge >= 0.3 is 0 Å². The highest BCUT2D eigenvalue weighted by Crippen LogP contribution is 2.48. The van der Waals surface area contributed by atoms with Gasteiger partial charge < -0.3 is 5.32 Å². The van der Waals surface area contributed by atoms with Gasteiger partial charge in [-0.25, -0.2) is 9.37 Å². The van der Waals surface area contributed by atoms with Crippen LogP contribution in [0.15, 0.2) is 42.6 Å². The fourth-order valence-electron chi connectivity index (χ4n) is 2.43. The van der Waals surface area contributed by atoms with E-state index in [9.17, 15) is 9.18 Å². The summed E-state index contributed by atoms with van der Waals surface area (Å²) in [6.45, 7) is 1.94. The number of nitrogens with zero attached hydrogens (tertiary/aromatic N) is 1. The lowest BCUT2D eigenvalue weighted by atomic mass is 10.1. The number of carbonyl (C=O) groups excluding carboxylic acids is 1. The van der Waals surface area contributed by atoms with Gasteiger partial charge in [-0.2, -0.15) is 0 Å². The maximum absolute atomic E-state index is 13.7. The lowest BCUT2D eigenvalue weighted by Crippen LogP contribution is -2.15. The Morgan fingerprint density at radius 1 is 1.35 bits per heavy atom. The highest BCUT2D eigenvalue weighted by Gasteiger charge is 2.45. The molecule has 0 radical (unpaired) electrons. The van der Waals surface area contributed by atoms with E-state index in [4.69, 9.17) is 0 Å². The Hall–Kier alpha value is -2.23. The molecular weight excluding hydrogens is 255 g/mol. The molecule has 0 aliphatic heterocycles. The molecule has 1 fully saturated rings. The minimum Gasteiger partial charge on any atom is -0.310 e. The van der Waals surface area contributed by atoms with Crippen molar-refractivity contribution in [1.29, 1.82) is 0 Å². The van der Waals surface area contributed by atoms with Crippen LogP contribution in [0.3, 0.4) is 0 Å². The number of hydrogen-bond donors (Lipinski definition) is 1. The summed E-state index contributed by atoms with van der Waals surface area (Å²) in [6, 6.07) is 10.3. The third-order valence-electron chi connectivity index (χ3n) is 3.60. The molecule has 1 aromatic carbocycles. The van der Waals surface area contributed by atoms with Crippen molar-refractivity contribution in [2.75, 3.05) is 5.32 Å². The van der Waals surface area contributed by atoms with Gasteiger partial charge in [0.1, 0.15) is 11.6 Å². The standard InChI is InChI=1S/C16H15FN2O/c1-10-6-7-18-15(8-10)19-16(20)13-9-12(13)11-4-2-3-5-14(11)17/h2-8,12-13H,9H2,1H3,(H,18,19,20). The molecule has 2 unspecified atom stereocenters. The molecule has 1 saturated carbocycles. The summed E-state index contributed by atoms with van der Waals surface area (Å²) in [5.41, 5.74) is 1.67. The van der Waals surface area contributed by atoms with Crippen LogP contribution in [0.25, 0.3) is 0 Å². The van der Waals surface area contributed by atoms with E-state index in [0.29, 0.717) is 17.8 Å². The largest absolute Gasteiger partial charge is 0.310 e. The lowest BCUT2D eigenvalue weighted by Gasteiger charge is -2.05. The predicted octanol–water partition coefficient (Wildman–Crippen LogP) is 3.27. The van der Waals surface area contributed by atoms with Crippen molar-refractivity contribution in [2.24, 2.45) is 5.92 Å². The number of nitrogens with one attached hydrogen (secondary N) is 1. The second-order valence-electron chi connectivity index (χ2n) is 5.18. The Labute approximate surface area is 116 Å². The van der Waals surface area contributed by atoms with E-state index >= 15 is 0 Å². The van der Waals surface area contributed by atoms with Crippen molar-refractivity contribution in [3.63, 3.8) is 0 Å². The maximum atomic E-state index is 13.7. The van der Waals surface area contributed by atoms with E-state index in [1.165, 1.54) is 6.07 Å². The minimum atomic E-state index is -0.235. The first-order valence-electron chi connectivity index (χ1n) is 6.63. The molecule has 2 aromatic rings. The molecule has 0 spiro atoms. The number of halogens is 1. The first-order chi connectivity index (χ1) is 9.65. The van der Waals surface area contributed by atoms with Crippen LogP contribution >= 0.6 is 0 Å². The molecule has 1 aliphatic carbocycles. The van der Waals surface area contributed by atoms with Crippen molar-refractivity contribution in [1.82, 2.24) is 4.98 Å². The minimum absolute atomic E-state index is 0.0130. The van der Waals surface area contributed by atoms with Gasteiger partial charge in [0, 0.05) is 12.1 Å². The molecule has 2 atom stereocenters. The number of anilines is 1. The van der Waals surface area contributed by atoms with E-state index < -0.39 is 0 Å². The number of carbonyl (C=O) groups is 1.